The number of nitrogens with zero attached hydrogens (tertiary/aromatic N) is 2. The lowest BCUT2D eigenvalue weighted by molar-refractivity contribution is 0.564. The number of rotatable bonds is 5. The van der Waals surface area contributed by atoms with Crippen molar-refractivity contribution in [1.82, 2.24) is 14.9 Å². The number of imidazole rings is 1. The van der Waals surface area contributed by atoms with Crippen molar-refractivity contribution in [2.75, 3.05) is 0 Å². The third-order valence-electron chi connectivity index (χ3n) is 2.73. The zero-order valence-corrected chi connectivity index (χ0v) is 12.3. The number of hydrogen-bond donors (Lipinski definition) is 1. The lowest BCUT2D eigenvalue weighted by Crippen LogP contribution is -2.23. The molecule has 0 aliphatic heterocycles. The fourth-order valence-corrected chi connectivity index (χ4v) is 2.23. The minimum Gasteiger partial charge on any atom is -0.329 e. The van der Waals surface area contributed by atoms with Crippen LogP contribution >= 0.6 is 15.9 Å². The molecule has 1 aromatic heterocycles. The average Bonchev–Trinajstić information content (AvgIpc) is 2.74. The van der Waals surface area contributed by atoms with Crippen molar-refractivity contribution in [2.45, 2.75) is 33.0 Å². The van der Waals surface area contributed by atoms with E-state index in [1.165, 1.54) is 11.3 Å². The summed E-state index contributed by atoms with van der Waals surface area (Å²) >= 11 is 3.50. The van der Waals surface area contributed by atoms with Crippen molar-refractivity contribution in [3.8, 4) is 0 Å². The van der Waals surface area contributed by atoms with Crippen molar-refractivity contribution in [3.05, 3.63) is 52.5 Å². The van der Waals surface area contributed by atoms with E-state index in [1.807, 2.05) is 18.6 Å². The number of benzene rings is 1. The Balaban J connectivity index is 2.07. The molecule has 3 nitrogen and oxygen atoms in total. The normalized spacial score (nSPS) is 11.1. The van der Waals surface area contributed by atoms with Gasteiger partial charge in [0.25, 0.3) is 0 Å². The van der Waals surface area contributed by atoms with Crippen molar-refractivity contribution in [1.29, 1.82) is 0 Å². The summed E-state index contributed by atoms with van der Waals surface area (Å²) in [4.78, 5) is 4.23. The SMILES string of the molecule is CC(C)NCc1cncn1Cc1cccc(Br)c1. The minimum absolute atomic E-state index is 0.485. The van der Waals surface area contributed by atoms with Gasteiger partial charge >= 0.3 is 0 Å². The second-order valence-corrected chi connectivity index (χ2v) is 5.59. The molecule has 0 saturated heterocycles. The van der Waals surface area contributed by atoms with Crippen molar-refractivity contribution < 1.29 is 0 Å². The van der Waals surface area contributed by atoms with Crippen LogP contribution < -0.4 is 5.32 Å². The maximum absolute atomic E-state index is 4.23. The molecular weight excluding hydrogens is 290 g/mol. The van der Waals surface area contributed by atoms with E-state index in [1.54, 1.807) is 0 Å². The van der Waals surface area contributed by atoms with Crippen LogP contribution in [-0.4, -0.2) is 15.6 Å². The molecule has 0 fully saturated rings. The molecule has 2 aromatic rings. The summed E-state index contributed by atoms with van der Waals surface area (Å²) in [5, 5.41) is 3.42. The quantitative estimate of drug-likeness (QED) is 0.919. The number of nitrogens with one attached hydrogen (secondary N) is 1. The third kappa shape index (κ3) is 3.68. The molecule has 4 heteroatoms. The van der Waals surface area contributed by atoms with Gasteiger partial charge in [-0.15, -0.1) is 0 Å². The van der Waals surface area contributed by atoms with Crippen LogP contribution in [0.25, 0.3) is 0 Å². The van der Waals surface area contributed by atoms with Crippen LogP contribution in [0.2, 0.25) is 0 Å². The van der Waals surface area contributed by atoms with Crippen LogP contribution in [0.4, 0.5) is 0 Å². The van der Waals surface area contributed by atoms with Gasteiger partial charge in [-0.05, 0) is 17.7 Å². The Morgan fingerprint density at radius 1 is 1.39 bits per heavy atom. The van der Waals surface area contributed by atoms with Gasteiger partial charge in [-0.1, -0.05) is 41.9 Å². The number of aromatic nitrogens is 2. The van der Waals surface area contributed by atoms with Gasteiger partial charge in [-0.3, -0.25) is 0 Å². The highest BCUT2D eigenvalue weighted by atomic mass is 79.9. The van der Waals surface area contributed by atoms with Crippen molar-refractivity contribution in [2.24, 2.45) is 0 Å². The summed E-state index contributed by atoms with van der Waals surface area (Å²) in [6, 6.07) is 8.85. The van der Waals surface area contributed by atoms with E-state index in [0.717, 1.165) is 17.6 Å². The Labute approximate surface area is 116 Å². The molecule has 0 spiro atoms. The Morgan fingerprint density at radius 2 is 2.22 bits per heavy atom. The molecule has 0 amide bonds. The summed E-state index contributed by atoms with van der Waals surface area (Å²) < 4.78 is 3.29. The van der Waals surface area contributed by atoms with Gasteiger partial charge in [0, 0.05) is 29.8 Å². The van der Waals surface area contributed by atoms with E-state index >= 15 is 0 Å². The first-order valence-electron chi connectivity index (χ1n) is 6.12. The summed E-state index contributed by atoms with van der Waals surface area (Å²) in [6.07, 6.45) is 3.81. The van der Waals surface area contributed by atoms with E-state index < -0.39 is 0 Å². The van der Waals surface area contributed by atoms with Gasteiger partial charge in [0.2, 0.25) is 0 Å². The summed E-state index contributed by atoms with van der Waals surface area (Å²) in [7, 11) is 0. The Hall–Kier alpha value is -1.13. The van der Waals surface area contributed by atoms with Crippen LogP contribution in [0.3, 0.4) is 0 Å². The highest BCUT2D eigenvalue weighted by Gasteiger charge is 2.04. The molecule has 0 saturated carbocycles. The molecular formula is C14H18BrN3. The second kappa shape index (κ2) is 6.16. The molecule has 0 bridgehead atoms. The minimum atomic E-state index is 0.485. The second-order valence-electron chi connectivity index (χ2n) is 4.68. The summed E-state index contributed by atoms with van der Waals surface area (Å²) in [5.41, 5.74) is 2.48. The fraction of sp³-hybridized carbons (Fsp3) is 0.357. The molecule has 0 atom stereocenters. The van der Waals surface area contributed by atoms with Crippen molar-refractivity contribution in [3.63, 3.8) is 0 Å². The van der Waals surface area contributed by atoms with Gasteiger partial charge in [-0.2, -0.15) is 0 Å². The predicted molar refractivity (Wildman–Crippen MR) is 77.4 cm³/mol. The van der Waals surface area contributed by atoms with E-state index in [0.29, 0.717) is 6.04 Å². The number of hydrogen-bond acceptors (Lipinski definition) is 2. The van der Waals surface area contributed by atoms with Crippen LogP contribution in [-0.2, 0) is 13.1 Å². The highest BCUT2D eigenvalue weighted by molar-refractivity contribution is 9.10. The van der Waals surface area contributed by atoms with Gasteiger partial charge in [0.15, 0.2) is 0 Å². The van der Waals surface area contributed by atoms with E-state index in [9.17, 15) is 0 Å². The zero-order chi connectivity index (χ0) is 13.0. The van der Waals surface area contributed by atoms with Gasteiger partial charge in [-0.25, -0.2) is 4.98 Å². The Bertz CT molecular complexity index is 505. The lowest BCUT2D eigenvalue weighted by Gasteiger charge is -2.11. The maximum Gasteiger partial charge on any atom is 0.0951 e. The van der Waals surface area contributed by atoms with Gasteiger partial charge < -0.3 is 9.88 Å². The third-order valence-corrected chi connectivity index (χ3v) is 3.23. The summed E-state index contributed by atoms with van der Waals surface area (Å²) in [5.74, 6) is 0. The van der Waals surface area contributed by atoms with Crippen LogP contribution in [0.15, 0.2) is 41.3 Å². The van der Waals surface area contributed by atoms with Crippen LogP contribution in [0.5, 0.6) is 0 Å². The topological polar surface area (TPSA) is 29.9 Å². The van der Waals surface area contributed by atoms with Crippen LogP contribution in [0.1, 0.15) is 25.1 Å². The zero-order valence-electron chi connectivity index (χ0n) is 10.7. The standard InChI is InChI=1S/C14H18BrN3/c1-11(2)17-8-14-7-16-10-18(14)9-12-4-3-5-13(15)6-12/h3-7,10-11,17H,8-9H2,1-2H3. The largest absolute Gasteiger partial charge is 0.329 e. The molecule has 2 rings (SSSR count). The average molecular weight is 308 g/mol. The van der Waals surface area contributed by atoms with Gasteiger partial charge in [0.1, 0.15) is 0 Å². The fourth-order valence-electron chi connectivity index (χ4n) is 1.78. The first-order chi connectivity index (χ1) is 8.65. The molecule has 96 valence electrons. The van der Waals surface area contributed by atoms with Crippen molar-refractivity contribution >= 4 is 15.9 Å². The van der Waals surface area contributed by atoms with E-state index in [4.69, 9.17) is 0 Å². The maximum atomic E-state index is 4.23. The first kappa shape index (κ1) is 13.3. The molecule has 0 aliphatic carbocycles. The first-order valence-corrected chi connectivity index (χ1v) is 6.91. The number of halogens is 1. The van der Waals surface area contributed by atoms with Gasteiger partial charge in [0.05, 0.1) is 12.0 Å². The molecule has 0 unspecified atom stereocenters. The monoisotopic (exact) mass is 307 g/mol. The molecule has 0 radical (unpaired) electrons. The molecule has 18 heavy (non-hydrogen) atoms. The predicted octanol–water partition coefficient (Wildman–Crippen LogP) is 3.19. The highest BCUT2D eigenvalue weighted by Crippen LogP contribution is 2.13. The Morgan fingerprint density at radius 3 is 2.94 bits per heavy atom. The van der Waals surface area contributed by atoms with E-state index in [2.05, 4.69) is 62.8 Å². The molecule has 1 aromatic carbocycles. The Kier molecular flexibility index (Phi) is 4.55. The summed E-state index contributed by atoms with van der Waals surface area (Å²) in [6.45, 7) is 6.00. The molecule has 0 aliphatic rings. The van der Waals surface area contributed by atoms with E-state index in [-0.39, 0.29) is 0 Å². The lowest BCUT2D eigenvalue weighted by atomic mass is 10.2. The van der Waals surface area contributed by atoms with Crippen LogP contribution in [0, 0.1) is 0 Å². The smallest absolute Gasteiger partial charge is 0.0951 e. The molecule has 1 heterocycles. The molecule has 1 N–H and O–H groups in total.